The van der Waals surface area contributed by atoms with Gasteiger partial charge in [-0.1, -0.05) is 0 Å². The molecule has 0 saturated carbocycles. The lowest BCUT2D eigenvalue weighted by Crippen LogP contribution is -2.16. The van der Waals surface area contributed by atoms with Crippen molar-refractivity contribution in [2.75, 3.05) is 0 Å². The van der Waals surface area contributed by atoms with E-state index < -0.39 is 6.36 Å². The van der Waals surface area contributed by atoms with Crippen LogP contribution in [0.15, 0.2) is 24.3 Å². The van der Waals surface area contributed by atoms with E-state index in [0.29, 0.717) is 5.82 Å². The SMILES string of the molecule is Cc1nc(-c2ccc(OC(F)(F)F)cc2)n(C)c1C. The largest absolute Gasteiger partial charge is 0.573 e. The van der Waals surface area contributed by atoms with Crippen LogP contribution in [0.3, 0.4) is 0 Å². The number of benzene rings is 1. The molecule has 0 aliphatic heterocycles. The minimum absolute atomic E-state index is 0.237. The van der Waals surface area contributed by atoms with E-state index in [1.165, 1.54) is 12.1 Å². The van der Waals surface area contributed by atoms with Crippen molar-refractivity contribution in [3.8, 4) is 17.1 Å². The molecule has 0 bridgehead atoms. The smallest absolute Gasteiger partial charge is 0.406 e. The molecule has 2 aromatic rings. The summed E-state index contributed by atoms with van der Waals surface area (Å²) in [6.07, 6.45) is -4.67. The van der Waals surface area contributed by atoms with Gasteiger partial charge in [0.1, 0.15) is 11.6 Å². The minimum Gasteiger partial charge on any atom is -0.406 e. The molecule has 1 aromatic heterocycles. The number of aryl methyl sites for hydroxylation is 1. The first kappa shape index (κ1) is 13.5. The monoisotopic (exact) mass is 270 g/mol. The molecule has 19 heavy (non-hydrogen) atoms. The van der Waals surface area contributed by atoms with Crippen LogP contribution < -0.4 is 4.74 Å². The van der Waals surface area contributed by atoms with Crippen molar-refractivity contribution in [3.63, 3.8) is 0 Å². The molecule has 1 heterocycles. The molecule has 0 aliphatic carbocycles. The Morgan fingerprint density at radius 2 is 1.68 bits per heavy atom. The van der Waals surface area contributed by atoms with Crippen molar-refractivity contribution < 1.29 is 17.9 Å². The molecule has 0 spiro atoms. The minimum atomic E-state index is -4.67. The van der Waals surface area contributed by atoms with Crippen LogP contribution in [-0.2, 0) is 7.05 Å². The summed E-state index contributed by atoms with van der Waals surface area (Å²) in [6, 6.07) is 5.68. The number of nitrogens with zero attached hydrogens (tertiary/aromatic N) is 2. The first-order valence-electron chi connectivity index (χ1n) is 5.64. The second-order valence-electron chi connectivity index (χ2n) is 4.24. The summed E-state index contributed by atoms with van der Waals surface area (Å²) >= 11 is 0. The van der Waals surface area contributed by atoms with E-state index in [-0.39, 0.29) is 5.75 Å². The van der Waals surface area contributed by atoms with Crippen molar-refractivity contribution in [1.29, 1.82) is 0 Å². The highest BCUT2D eigenvalue weighted by atomic mass is 19.4. The van der Waals surface area contributed by atoms with E-state index in [9.17, 15) is 13.2 Å². The highest BCUT2D eigenvalue weighted by Gasteiger charge is 2.31. The van der Waals surface area contributed by atoms with Crippen LogP contribution >= 0.6 is 0 Å². The summed E-state index contributed by atoms with van der Waals surface area (Å²) in [5.41, 5.74) is 2.66. The van der Waals surface area contributed by atoms with Crippen LogP contribution in [0, 0.1) is 13.8 Å². The molecule has 0 amide bonds. The molecule has 3 nitrogen and oxygen atoms in total. The predicted octanol–water partition coefficient (Wildman–Crippen LogP) is 3.60. The number of ether oxygens (including phenoxy) is 1. The van der Waals surface area contributed by atoms with Gasteiger partial charge in [0.2, 0.25) is 0 Å². The van der Waals surface area contributed by atoms with Crippen molar-refractivity contribution in [1.82, 2.24) is 9.55 Å². The Kier molecular flexibility index (Phi) is 3.26. The van der Waals surface area contributed by atoms with Gasteiger partial charge in [-0.2, -0.15) is 0 Å². The summed E-state index contributed by atoms with van der Waals surface area (Å²) < 4.78 is 41.9. The van der Waals surface area contributed by atoms with E-state index in [1.807, 2.05) is 25.5 Å². The topological polar surface area (TPSA) is 27.1 Å². The Morgan fingerprint density at radius 1 is 1.11 bits per heavy atom. The second-order valence-corrected chi connectivity index (χ2v) is 4.24. The van der Waals surface area contributed by atoms with Crippen LogP contribution in [-0.4, -0.2) is 15.9 Å². The lowest BCUT2D eigenvalue weighted by molar-refractivity contribution is -0.274. The normalized spacial score (nSPS) is 11.7. The summed E-state index contributed by atoms with van der Waals surface area (Å²) in [6.45, 7) is 3.83. The van der Waals surface area contributed by atoms with Gasteiger partial charge in [-0.15, -0.1) is 13.2 Å². The number of hydrogen-bond acceptors (Lipinski definition) is 2. The molecule has 0 fully saturated rings. The Bertz CT molecular complexity index is 585. The quantitative estimate of drug-likeness (QED) is 0.833. The molecule has 102 valence electrons. The Balaban J connectivity index is 2.30. The summed E-state index contributed by atoms with van der Waals surface area (Å²) in [5.74, 6) is 0.479. The number of hydrogen-bond donors (Lipinski definition) is 0. The van der Waals surface area contributed by atoms with Gasteiger partial charge in [0.25, 0.3) is 0 Å². The number of alkyl halides is 3. The van der Waals surface area contributed by atoms with E-state index >= 15 is 0 Å². The molecular formula is C13H13F3N2O. The first-order valence-corrected chi connectivity index (χ1v) is 5.64. The third-order valence-corrected chi connectivity index (χ3v) is 2.96. The van der Waals surface area contributed by atoms with Gasteiger partial charge in [-0.05, 0) is 38.1 Å². The van der Waals surface area contributed by atoms with Crippen LogP contribution in [0.1, 0.15) is 11.4 Å². The molecule has 0 radical (unpaired) electrons. The van der Waals surface area contributed by atoms with Gasteiger partial charge in [0.15, 0.2) is 0 Å². The predicted molar refractivity (Wildman–Crippen MR) is 64.8 cm³/mol. The molecule has 0 N–H and O–H groups in total. The number of halogens is 3. The van der Waals surface area contributed by atoms with Crippen LogP contribution in [0.2, 0.25) is 0 Å². The molecule has 1 aromatic carbocycles. The van der Waals surface area contributed by atoms with Crippen molar-refractivity contribution in [3.05, 3.63) is 35.7 Å². The first-order chi connectivity index (χ1) is 8.78. The lowest BCUT2D eigenvalue weighted by Gasteiger charge is -2.09. The zero-order chi connectivity index (χ0) is 14.2. The number of rotatable bonds is 2. The van der Waals surface area contributed by atoms with E-state index in [4.69, 9.17) is 0 Å². The molecule has 6 heteroatoms. The Hall–Kier alpha value is -1.98. The highest BCUT2D eigenvalue weighted by Crippen LogP contribution is 2.26. The van der Waals surface area contributed by atoms with Gasteiger partial charge in [0.05, 0.1) is 5.69 Å². The highest BCUT2D eigenvalue weighted by molar-refractivity contribution is 5.58. The second kappa shape index (κ2) is 4.60. The van der Waals surface area contributed by atoms with E-state index in [0.717, 1.165) is 17.0 Å². The van der Waals surface area contributed by atoms with Crippen molar-refractivity contribution in [2.45, 2.75) is 20.2 Å². The maximum atomic E-state index is 12.0. The molecule has 2 rings (SSSR count). The van der Waals surface area contributed by atoms with E-state index in [1.54, 1.807) is 12.1 Å². The van der Waals surface area contributed by atoms with Crippen molar-refractivity contribution in [2.24, 2.45) is 7.05 Å². The van der Waals surface area contributed by atoms with Crippen LogP contribution in [0.4, 0.5) is 13.2 Å². The average molecular weight is 270 g/mol. The fourth-order valence-corrected chi connectivity index (χ4v) is 1.78. The van der Waals surface area contributed by atoms with Crippen molar-refractivity contribution >= 4 is 0 Å². The Labute approximate surface area is 108 Å². The van der Waals surface area contributed by atoms with Crippen LogP contribution in [0.25, 0.3) is 11.4 Å². The molecule has 0 aliphatic rings. The fourth-order valence-electron chi connectivity index (χ4n) is 1.78. The Morgan fingerprint density at radius 3 is 2.11 bits per heavy atom. The van der Waals surface area contributed by atoms with Gasteiger partial charge >= 0.3 is 6.36 Å². The molecule has 0 saturated heterocycles. The summed E-state index contributed by atoms with van der Waals surface area (Å²) in [5, 5.41) is 0. The summed E-state index contributed by atoms with van der Waals surface area (Å²) in [7, 11) is 1.87. The maximum absolute atomic E-state index is 12.0. The average Bonchev–Trinajstić information content (AvgIpc) is 2.56. The molecular weight excluding hydrogens is 257 g/mol. The lowest BCUT2D eigenvalue weighted by atomic mass is 10.2. The van der Waals surface area contributed by atoms with E-state index in [2.05, 4.69) is 9.72 Å². The zero-order valence-electron chi connectivity index (χ0n) is 10.7. The summed E-state index contributed by atoms with van der Waals surface area (Å²) in [4.78, 5) is 4.38. The number of aromatic nitrogens is 2. The molecule has 0 atom stereocenters. The van der Waals surface area contributed by atoms with Crippen LogP contribution in [0.5, 0.6) is 5.75 Å². The third kappa shape index (κ3) is 2.89. The number of imidazole rings is 1. The fraction of sp³-hybridized carbons (Fsp3) is 0.308. The van der Waals surface area contributed by atoms with Gasteiger partial charge in [-0.3, -0.25) is 0 Å². The van der Waals surface area contributed by atoms with Gasteiger partial charge < -0.3 is 9.30 Å². The standard InChI is InChI=1S/C13H13F3N2O/c1-8-9(2)18(3)12(17-8)10-4-6-11(7-5-10)19-13(14,15)16/h4-7H,1-3H3. The van der Waals surface area contributed by atoms with Gasteiger partial charge in [-0.25, -0.2) is 4.98 Å². The maximum Gasteiger partial charge on any atom is 0.573 e. The third-order valence-electron chi connectivity index (χ3n) is 2.96. The molecule has 0 unspecified atom stereocenters. The zero-order valence-corrected chi connectivity index (χ0v) is 10.7. The van der Waals surface area contributed by atoms with Gasteiger partial charge in [0, 0.05) is 18.3 Å².